The van der Waals surface area contributed by atoms with Crippen LogP contribution in [0.3, 0.4) is 0 Å². The molecule has 67 heavy (non-hydrogen) atoms. The first kappa shape index (κ1) is 47.2. The van der Waals surface area contributed by atoms with E-state index in [9.17, 15) is 30.4 Å². The van der Waals surface area contributed by atoms with Crippen molar-refractivity contribution in [2.45, 2.75) is 9.79 Å². The van der Waals surface area contributed by atoms with E-state index in [4.69, 9.17) is 28.4 Å². The lowest BCUT2D eigenvalue weighted by molar-refractivity contribution is 0.0602. The maximum absolute atomic E-state index is 14.8. The number of aromatic nitrogens is 2. The molecule has 0 atom stereocenters. The fourth-order valence-electron chi connectivity index (χ4n) is 6.36. The number of benzene rings is 5. The minimum atomic E-state index is -4.25. The van der Waals surface area contributed by atoms with Crippen LogP contribution in [0.5, 0.6) is 46.0 Å². The molecule has 3 aromatic heterocycles. The standard InChI is InChI=1S/C23H19FN2O7S2.C23H19FN2O5S/c1-30-19-11-14-17(12-20(19)31-2)25-8-6-18(14)33-13-4-5-16(15(24)10-13)26-35(28,29)21-7-9-34-22(21)23(27)32-3;1-29-22-13-17-20(14-23(22)30-2)25-11-10-21(17)31-15-8-9-19(18(24)12-15)26-32(27,28)16-6-4-3-5-7-16/h4-12,26H,1-3H3;3-14,26H,1-2H3. The summed E-state index contributed by atoms with van der Waals surface area (Å²) in [6, 6.07) is 26.6. The number of hydrogen-bond donors (Lipinski definition) is 2. The second-order valence-corrected chi connectivity index (χ2v) is 17.9. The van der Waals surface area contributed by atoms with Crippen molar-refractivity contribution < 1.29 is 63.6 Å². The maximum Gasteiger partial charge on any atom is 0.349 e. The normalized spacial score (nSPS) is 11.2. The summed E-state index contributed by atoms with van der Waals surface area (Å²) < 4.78 is 122. The van der Waals surface area contributed by atoms with E-state index in [-0.39, 0.29) is 37.5 Å². The number of carbonyl (C=O) groups is 1. The molecule has 0 fully saturated rings. The van der Waals surface area contributed by atoms with Crippen LogP contribution in [0.4, 0.5) is 20.2 Å². The van der Waals surface area contributed by atoms with Gasteiger partial charge in [0, 0.05) is 47.4 Å². The Bertz CT molecular complexity index is 3340. The van der Waals surface area contributed by atoms with Crippen LogP contribution in [-0.2, 0) is 24.8 Å². The molecule has 0 radical (unpaired) electrons. The number of nitrogens with zero attached hydrogens (tertiary/aromatic N) is 2. The molecule has 346 valence electrons. The Morgan fingerprint density at radius 2 is 1.01 bits per heavy atom. The SMILES string of the molecule is COC(=O)c1sccc1S(=O)(=O)Nc1ccc(Oc2ccnc3cc(OC)c(OC)cc23)cc1F.COc1cc2nccc(Oc3ccc(NS(=O)(=O)c4ccccc4)c(F)c3)c2cc1OC. The topological polar surface area (TPSA) is 200 Å². The van der Waals surface area contributed by atoms with E-state index in [0.29, 0.717) is 56.3 Å². The van der Waals surface area contributed by atoms with Gasteiger partial charge in [-0.25, -0.2) is 30.4 Å². The minimum Gasteiger partial charge on any atom is -0.493 e. The fraction of sp³-hybridized carbons (Fsp3) is 0.109. The third-order valence-corrected chi connectivity index (χ3v) is 13.4. The van der Waals surface area contributed by atoms with Gasteiger partial charge in [0.25, 0.3) is 20.0 Å². The highest BCUT2D eigenvalue weighted by Gasteiger charge is 2.26. The predicted molar refractivity (Wildman–Crippen MR) is 246 cm³/mol. The summed E-state index contributed by atoms with van der Waals surface area (Å²) in [5.74, 6) is 0.632. The highest BCUT2D eigenvalue weighted by atomic mass is 32.2. The van der Waals surface area contributed by atoms with Gasteiger partial charge in [0.15, 0.2) is 34.6 Å². The number of esters is 1. The quantitative estimate of drug-likeness (QED) is 0.0920. The summed E-state index contributed by atoms with van der Waals surface area (Å²) >= 11 is 0.904. The number of rotatable bonds is 15. The summed E-state index contributed by atoms with van der Waals surface area (Å²) in [5, 5.41) is 2.67. The van der Waals surface area contributed by atoms with Gasteiger partial charge in [-0.05, 0) is 72.1 Å². The highest BCUT2D eigenvalue weighted by molar-refractivity contribution is 7.93. The zero-order chi connectivity index (χ0) is 47.9. The third kappa shape index (κ3) is 10.5. The molecule has 0 bridgehead atoms. The third-order valence-electron chi connectivity index (χ3n) is 9.58. The number of ether oxygens (including phenoxy) is 7. The molecule has 0 spiro atoms. The Balaban J connectivity index is 0.000000200. The molecule has 21 heteroatoms. The summed E-state index contributed by atoms with van der Waals surface area (Å²) in [6.45, 7) is 0. The monoisotopic (exact) mass is 972 g/mol. The van der Waals surface area contributed by atoms with E-state index in [1.54, 1.807) is 60.8 Å². The van der Waals surface area contributed by atoms with Crippen LogP contribution in [0.25, 0.3) is 21.8 Å². The van der Waals surface area contributed by atoms with Crippen molar-refractivity contribution in [3.05, 3.63) is 143 Å². The van der Waals surface area contributed by atoms with Crippen LogP contribution in [0.1, 0.15) is 9.67 Å². The molecule has 0 aliphatic heterocycles. The number of halogens is 2. The highest BCUT2D eigenvalue weighted by Crippen LogP contribution is 2.39. The van der Waals surface area contributed by atoms with Gasteiger partial charge in [0.2, 0.25) is 0 Å². The van der Waals surface area contributed by atoms with Gasteiger partial charge in [0.05, 0.1) is 62.9 Å². The van der Waals surface area contributed by atoms with E-state index >= 15 is 0 Å². The van der Waals surface area contributed by atoms with Crippen LogP contribution >= 0.6 is 11.3 Å². The first-order chi connectivity index (χ1) is 32.2. The van der Waals surface area contributed by atoms with Crippen LogP contribution < -0.4 is 37.9 Å². The van der Waals surface area contributed by atoms with Crippen LogP contribution in [0.2, 0.25) is 0 Å². The second-order valence-electron chi connectivity index (χ2n) is 13.7. The number of fused-ring (bicyclic) bond motifs is 2. The molecule has 0 saturated heterocycles. The van der Waals surface area contributed by atoms with Crippen LogP contribution in [-0.4, -0.2) is 68.3 Å². The number of sulfonamides is 2. The molecule has 0 amide bonds. The van der Waals surface area contributed by atoms with Crippen molar-refractivity contribution in [2.24, 2.45) is 0 Å². The van der Waals surface area contributed by atoms with Gasteiger partial charge in [-0.3, -0.25) is 19.4 Å². The molecule has 5 aromatic carbocycles. The number of carbonyl (C=O) groups excluding carboxylic acids is 1. The molecule has 8 aromatic rings. The number of hydrogen-bond acceptors (Lipinski definition) is 15. The Kier molecular flexibility index (Phi) is 14.2. The number of anilines is 2. The van der Waals surface area contributed by atoms with Gasteiger partial charge < -0.3 is 33.2 Å². The Morgan fingerprint density at radius 3 is 1.46 bits per heavy atom. The number of thiophene rings is 1. The average molecular weight is 973 g/mol. The summed E-state index contributed by atoms with van der Waals surface area (Å²) in [6.07, 6.45) is 3.09. The van der Waals surface area contributed by atoms with Crippen molar-refractivity contribution >= 4 is 70.5 Å². The lowest BCUT2D eigenvalue weighted by Crippen LogP contribution is -2.16. The van der Waals surface area contributed by atoms with Gasteiger partial charge in [0.1, 0.15) is 32.8 Å². The van der Waals surface area contributed by atoms with Crippen molar-refractivity contribution in [3.8, 4) is 46.0 Å². The summed E-state index contributed by atoms with van der Waals surface area (Å²) in [7, 11) is -0.964. The van der Waals surface area contributed by atoms with Crippen LogP contribution in [0.15, 0.2) is 137 Å². The van der Waals surface area contributed by atoms with Gasteiger partial charge >= 0.3 is 5.97 Å². The summed E-state index contributed by atoms with van der Waals surface area (Å²) in [4.78, 5) is 20.0. The Hall–Kier alpha value is -7.75. The number of nitrogens with one attached hydrogen (secondary N) is 2. The van der Waals surface area contributed by atoms with Gasteiger partial charge in [-0.2, -0.15) is 0 Å². The molecule has 16 nitrogen and oxygen atoms in total. The molecular formula is C46H38F2N4O12S3. The Labute approximate surface area is 386 Å². The molecule has 3 heterocycles. The molecule has 0 aliphatic carbocycles. The molecule has 0 aliphatic rings. The van der Waals surface area contributed by atoms with Gasteiger partial charge in [-0.15, -0.1) is 11.3 Å². The molecule has 8 rings (SSSR count). The molecule has 0 saturated carbocycles. The first-order valence-electron chi connectivity index (χ1n) is 19.4. The smallest absolute Gasteiger partial charge is 0.349 e. The zero-order valence-corrected chi connectivity index (χ0v) is 38.3. The maximum atomic E-state index is 14.8. The van der Waals surface area contributed by atoms with Crippen molar-refractivity contribution in [1.29, 1.82) is 0 Å². The minimum absolute atomic E-state index is 0.0346. The van der Waals surface area contributed by atoms with E-state index in [1.807, 2.05) is 0 Å². The van der Waals surface area contributed by atoms with E-state index < -0.39 is 37.7 Å². The zero-order valence-electron chi connectivity index (χ0n) is 35.9. The first-order valence-corrected chi connectivity index (χ1v) is 23.3. The predicted octanol–water partition coefficient (Wildman–Crippen LogP) is 9.82. The number of methoxy groups -OCH3 is 5. The van der Waals surface area contributed by atoms with Crippen molar-refractivity contribution in [3.63, 3.8) is 0 Å². The number of pyridine rings is 2. The van der Waals surface area contributed by atoms with E-state index in [1.165, 1.54) is 82.5 Å². The Morgan fingerprint density at radius 1 is 0.552 bits per heavy atom. The van der Waals surface area contributed by atoms with Crippen LogP contribution in [0, 0.1) is 11.6 Å². The average Bonchev–Trinajstić information content (AvgIpc) is 3.85. The van der Waals surface area contributed by atoms with Crippen molar-refractivity contribution in [1.82, 2.24) is 9.97 Å². The van der Waals surface area contributed by atoms with E-state index in [0.717, 1.165) is 30.6 Å². The lowest BCUT2D eigenvalue weighted by Gasteiger charge is -2.13. The summed E-state index contributed by atoms with van der Waals surface area (Å²) in [5.41, 5.74) is 0.674. The fourth-order valence-corrected chi connectivity index (χ4v) is 9.86. The molecule has 0 unspecified atom stereocenters. The largest absolute Gasteiger partial charge is 0.493 e. The molecule has 2 N–H and O–H groups in total. The van der Waals surface area contributed by atoms with E-state index in [2.05, 4.69) is 24.1 Å². The lowest BCUT2D eigenvalue weighted by atomic mass is 10.2. The van der Waals surface area contributed by atoms with Gasteiger partial charge in [-0.1, -0.05) is 18.2 Å². The second kappa shape index (κ2) is 20.2. The molecular weight excluding hydrogens is 935 g/mol. The van der Waals surface area contributed by atoms with Crippen molar-refractivity contribution in [2.75, 3.05) is 45.0 Å².